The minimum absolute atomic E-state index is 0.00985. The second-order valence-corrected chi connectivity index (χ2v) is 8.74. The SMILES string of the molecule is CC(=O)Nc1ccc(CCCCc2nnc(C(=O)NCC3C=C(C(F)(F)F)C=CN3C)s2)nn1. The number of aromatic nitrogens is 4. The number of aryl methyl sites for hydroxylation is 2. The number of likely N-dealkylation sites (N-methyl/N-ethyl adjacent to an activating group) is 1. The smallest absolute Gasteiger partial charge is 0.372 e. The minimum Gasteiger partial charge on any atom is -0.372 e. The van der Waals surface area contributed by atoms with Crippen molar-refractivity contribution in [1.82, 2.24) is 30.6 Å². The number of anilines is 1. The molecule has 2 aromatic heterocycles. The first-order valence-corrected chi connectivity index (χ1v) is 11.3. The van der Waals surface area contributed by atoms with Gasteiger partial charge in [-0.1, -0.05) is 11.3 Å². The number of carbonyl (C=O) groups excluding carboxylic acids is 2. The Morgan fingerprint density at radius 1 is 1.12 bits per heavy atom. The van der Waals surface area contributed by atoms with Gasteiger partial charge in [0, 0.05) is 26.9 Å². The first-order valence-electron chi connectivity index (χ1n) is 10.5. The van der Waals surface area contributed by atoms with Crippen LogP contribution in [0.4, 0.5) is 19.0 Å². The van der Waals surface area contributed by atoms with Gasteiger partial charge in [-0.25, -0.2) is 0 Å². The molecule has 0 fully saturated rings. The Bertz CT molecular complexity index is 1070. The Hall–Kier alpha value is -3.35. The van der Waals surface area contributed by atoms with Gasteiger partial charge in [-0.2, -0.15) is 18.3 Å². The third kappa shape index (κ3) is 7.33. The Balaban J connectivity index is 1.42. The maximum atomic E-state index is 12.9. The van der Waals surface area contributed by atoms with Crippen LogP contribution in [0, 0.1) is 0 Å². The van der Waals surface area contributed by atoms with Crippen LogP contribution in [0.15, 0.2) is 36.1 Å². The van der Waals surface area contributed by atoms with Crippen LogP contribution in [0.2, 0.25) is 0 Å². The number of hydrogen-bond donors (Lipinski definition) is 2. The fourth-order valence-electron chi connectivity index (χ4n) is 3.12. The molecule has 0 spiro atoms. The van der Waals surface area contributed by atoms with Crippen LogP contribution in [0.1, 0.15) is 40.3 Å². The lowest BCUT2D eigenvalue weighted by Gasteiger charge is -2.28. The molecule has 3 rings (SSSR count). The number of alkyl halides is 3. The normalized spacial score (nSPS) is 15.7. The fourth-order valence-corrected chi connectivity index (χ4v) is 3.92. The summed E-state index contributed by atoms with van der Waals surface area (Å²) in [4.78, 5) is 25.0. The number of nitrogens with zero attached hydrogens (tertiary/aromatic N) is 5. The molecule has 9 nitrogen and oxygen atoms in total. The van der Waals surface area contributed by atoms with Gasteiger partial charge in [-0.05, 0) is 49.7 Å². The van der Waals surface area contributed by atoms with Gasteiger partial charge in [0.2, 0.25) is 10.9 Å². The molecule has 1 atom stereocenters. The highest BCUT2D eigenvalue weighted by Crippen LogP contribution is 2.29. The average molecular weight is 496 g/mol. The van der Waals surface area contributed by atoms with Crippen molar-refractivity contribution in [3.63, 3.8) is 0 Å². The van der Waals surface area contributed by atoms with E-state index in [1.165, 1.54) is 13.1 Å². The van der Waals surface area contributed by atoms with Crippen molar-refractivity contribution in [2.75, 3.05) is 18.9 Å². The van der Waals surface area contributed by atoms with Crippen molar-refractivity contribution in [3.8, 4) is 0 Å². The second kappa shape index (κ2) is 11.2. The van der Waals surface area contributed by atoms with Crippen LogP contribution in [0.3, 0.4) is 0 Å². The molecule has 3 heterocycles. The summed E-state index contributed by atoms with van der Waals surface area (Å²) in [5, 5.41) is 22.0. The van der Waals surface area contributed by atoms with Crippen molar-refractivity contribution in [2.24, 2.45) is 0 Å². The zero-order chi connectivity index (χ0) is 24.7. The number of allylic oxidation sites excluding steroid dienone is 2. The number of amides is 2. The highest BCUT2D eigenvalue weighted by Gasteiger charge is 2.34. The predicted molar refractivity (Wildman–Crippen MR) is 120 cm³/mol. The average Bonchev–Trinajstić information content (AvgIpc) is 3.25. The lowest BCUT2D eigenvalue weighted by molar-refractivity contribution is -0.114. The van der Waals surface area contributed by atoms with Crippen LogP contribution in [0.5, 0.6) is 0 Å². The van der Waals surface area contributed by atoms with Gasteiger partial charge in [-0.3, -0.25) is 9.59 Å². The number of carbonyl (C=O) groups is 2. The van der Waals surface area contributed by atoms with E-state index in [1.807, 2.05) is 0 Å². The Morgan fingerprint density at radius 2 is 1.88 bits per heavy atom. The summed E-state index contributed by atoms with van der Waals surface area (Å²) in [5.41, 5.74) is 0.0643. The van der Waals surface area contributed by atoms with Crippen LogP contribution >= 0.6 is 11.3 Å². The van der Waals surface area contributed by atoms with Crippen molar-refractivity contribution >= 4 is 29.0 Å². The number of rotatable bonds is 9. The lowest BCUT2D eigenvalue weighted by atomic mass is 10.1. The van der Waals surface area contributed by atoms with Gasteiger partial charge in [0.25, 0.3) is 5.91 Å². The molecule has 13 heteroatoms. The zero-order valence-corrected chi connectivity index (χ0v) is 19.4. The third-order valence-electron chi connectivity index (χ3n) is 4.94. The first kappa shape index (κ1) is 25.3. The Labute approximate surface area is 198 Å². The second-order valence-electron chi connectivity index (χ2n) is 7.68. The third-order valence-corrected chi connectivity index (χ3v) is 5.92. The van der Waals surface area contributed by atoms with E-state index < -0.39 is 23.7 Å². The molecule has 182 valence electrons. The van der Waals surface area contributed by atoms with E-state index in [0.29, 0.717) is 23.7 Å². The molecule has 2 N–H and O–H groups in total. The number of nitrogens with one attached hydrogen (secondary N) is 2. The van der Waals surface area contributed by atoms with E-state index in [4.69, 9.17) is 0 Å². The van der Waals surface area contributed by atoms with Crippen molar-refractivity contribution < 1.29 is 22.8 Å². The van der Waals surface area contributed by atoms with Crippen LogP contribution in [-0.2, 0) is 17.6 Å². The van der Waals surface area contributed by atoms with E-state index in [-0.39, 0.29) is 17.5 Å². The molecule has 2 amide bonds. The summed E-state index contributed by atoms with van der Waals surface area (Å²) in [6.07, 6.45) is 1.96. The number of halogens is 3. The molecule has 2 aromatic rings. The van der Waals surface area contributed by atoms with Gasteiger partial charge in [0.15, 0.2) is 5.82 Å². The predicted octanol–water partition coefficient (Wildman–Crippen LogP) is 2.90. The van der Waals surface area contributed by atoms with E-state index in [0.717, 1.165) is 42.0 Å². The topological polar surface area (TPSA) is 113 Å². The minimum atomic E-state index is -4.43. The van der Waals surface area contributed by atoms with Crippen LogP contribution in [-0.4, -0.2) is 62.9 Å². The highest BCUT2D eigenvalue weighted by atomic mass is 32.1. The van der Waals surface area contributed by atoms with Gasteiger partial charge in [0.1, 0.15) is 5.01 Å². The van der Waals surface area contributed by atoms with Crippen molar-refractivity contribution in [1.29, 1.82) is 0 Å². The Kier molecular flexibility index (Phi) is 8.31. The largest absolute Gasteiger partial charge is 0.416 e. The molecule has 0 aromatic carbocycles. The maximum absolute atomic E-state index is 12.9. The molecule has 34 heavy (non-hydrogen) atoms. The molecule has 0 radical (unpaired) electrons. The molecule has 1 aliphatic rings. The summed E-state index contributed by atoms with van der Waals surface area (Å²) in [6.45, 7) is 1.41. The fraction of sp³-hybridized carbons (Fsp3) is 0.429. The van der Waals surface area contributed by atoms with E-state index in [2.05, 4.69) is 31.0 Å². The Morgan fingerprint density at radius 3 is 2.56 bits per heavy atom. The van der Waals surface area contributed by atoms with Crippen molar-refractivity contribution in [3.05, 3.63) is 51.8 Å². The number of unbranched alkanes of at least 4 members (excludes halogenated alkanes) is 1. The molecular weight excluding hydrogens is 471 g/mol. The molecular formula is C21H24F3N7O2S. The van der Waals surface area contributed by atoms with Gasteiger partial charge in [0.05, 0.1) is 17.3 Å². The summed E-state index contributed by atoms with van der Waals surface area (Å²) >= 11 is 1.16. The summed E-state index contributed by atoms with van der Waals surface area (Å²) in [6, 6.07) is 2.88. The summed E-state index contributed by atoms with van der Waals surface area (Å²) < 4.78 is 38.8. The summed E-state index contributed by atoms with van der Waals surface area (Å²) in [5.74, 6) is -0.277. The van der Waals surface area contributed by atoms with Crippen LogP contribution in [0.25, 0.3) is 0 Å². The van der Waals surface area contributed by atoms with Gasteiger partial charge >= 0.3 is 6.18 Å². The molecule has 0 saturated heterocycles. The van der Waals surface area contributed by atoms with Gasteiger partial charge in [-0.15, -0.1) is 15.3 Å². The van der Waals surface area contributed by atoms with E-state index in [1.54, 1.807) is 24.1 Å². The maximum Gasteiger partial charge on any atom is 0.416 e. The van der Waals surface area contributed by atoms with Crippen LogP contribution < -0.4 is 10.6 Å². The molecule has 1 unspecified atom stereocenters. The summed E-state index contributed by atoms with van der Waals surface area (Å²) in [7, 11) is 1.64. The molecule has 0 aliphatic carbocycles. The number of hydrogen-bond acceptors (Lipinski definition) is 8. The molecule has 0 saturated carbocycles. The van der Waals surface area contributed by atoms with Gasteiger partial charge < -0.3 is 15.5 Å². The molecule has 0 bridgehead atoms. The monoisotopic (exact) mass is 495 g/mol. The standard InChI is InChI=1S/C21H24F3N7O2S/c1-13(32)26-17-8-7-15(27-28-17)5-3-4-6-18-29-30-20(34-18)19(33)25-12-16-11-14(21(22,23)24)9-10-31(16)2/h7-11,16H,3-6,12H2,1-2H3,(H,25,33)(H,26,28,32). The zero-order valence-electron chi connectivity index (χ0n) is 18.6. The van der Waals surface area contributed by atoms with E-state index in [9.17, 15) is 22.8 Å². The lowest BCUT2D eigenvalue weighted by Crippen LogP contribution is -2.40. The quantitative estimate of drug-likeness (QED) is 0.515. The van der Waals surface area contributed by atoms with Crippen molar-refractivity contribution in [2.45, 2.75) is 44.8 Å². The highest BCUT2D eigenvalue weighted by molar-refractivity contribution is 7.13. The molecule has 1 aliphatic heterocycles. The van der Waals surface area contributed by atoms with E-state index >= 15 is 0 Å². The first-order chi connectivity index (χ1) is 16.1.